The maximum atomic E-state index is 10.9. The van der Waals surface area contributed by atoms with E-state index in [1.807, 2.05) is 6.07 Å². The maximum Gasteiger partial charge on any atom is 0.407 e. The van der Waals surface area contributed by atoms with Crippen LogP contribution in [0.15, 0.2) is 12.1 Å². The van der Waals surface area contributed by atoms with Crippen molar-refractivity contribution in [3.8, 4) is 5.88 Å². The molecule has 0 spiro atoms. The van der Waals surface area contributed by atoms with Crippen molar-refractivity contribution in [2.75, 3.05) is 19.5 Å². The summed E-state index contributed by atoms with van der Waals surface area (Å²) >= 11 is 0. The fourth-order valence-electron chi connectivity index (χ4n) is 1.62. The van der Waals surface area contributed by atoms with Gasteiger partial charge >= 0.3 is 6.09 Å². The molecule has 1 saturated heterocycles. The number of rotatable bonds is 3. The Balaban J connectivity index is 2.11. The van der Waals surface area contributed by atoms with Gasteiger partial charge in [-0.1, -0.05) is 0 Å². The summed E-state index contributed by atoms with van der Waals surface area (Å²) < 4.78 is 9.92. The number of aromatic nitrogens is 1. The van der Waals surface area contributed by atoms with Crippen molar-refractivity contribution in [1.82, 2.24) is 10.3 Å². The monoisotopic (exact) mass is 223 g/mol. The first-order valence-electron chi connectivity index (χ1n) is 4.91. The number of pyridine rings is 1. The van der Waals surface area contributed by atoms with Crippen LogP contribution < -0.4 is 15.8 Å². The van der Waals surface area contributed by atoms with E-state index in [0.29, 0.717) is 24.7 Å². The Hall–Kier alpha value is -1.98. The number of methoxy groups -OCH3 is 1. The topological polar surface area (TPSA) is 86.5 Å². The first-order valence-corrected chi connectivity index (χ1v) is 4.91. The van der Waals surface area contributed by atoms with Gasteiger partial charge in [0.25, 0.3) is 0 Å². The summed E-state index contributed by atoms with van der Waals surface area (Å²) in [4.78, 5) is 14.9. The molecule has 0 radical (unpaired) electrons. The van der Waals surface area contributed by atoms with Crippen LogP contribution in [-0.2, 0) is 11.2 Å². The summed E-state index contributed by atoms with van der Waals surface area (Å²) in [6, 6.07) is 3.51. The van der Waals surface area contributed by atoms with E-state index in [1.165, 1.54) is 7.11 Å². The molecule has 0 aliphatic carbocycles. The van der Waals surface area contributed by atoms with Gasteiger partial charge in [-0.25, -0.2) is 4.79 Å². The van der Waals surface area contributed by atoms with Gasteiger partial charge in [-0.2, -0.15) is 4.98 Å². The molecular weight excluding hydrogens is 210 g/mol. The quantitative estimate of drug-likeness (QED) is 0.770. The van der Waals surface area contributed by atoms with Crippen molar-refractivity contribution in [2.24, 2.45) is 0 Å². The van der Waals surface area contributed by atoms with Crippen LogP contribution in [0.4, 0.5) is 10.6 Å². The number of cyclic esters (lactones) is 1. The van der Waals surface area contributed by atoms with E-state index >= 15 is 0 Å². The fraction of sp³-hybridized carbons (Fsp3) is 0.400. The van der Waals surface area contributed by atoms with Gasteiger partial charge in [-0.3, -0.25) is 0 Å². The number of nitrogens with zero attached hydrogens (tertiary/aromatic N) is 1. The second-order valence-electron chi connectivity index (χ2n) is 3.55. The minimum Gasteiger partial charge on any atom is -0.481 e. The molecule has 1 aromatic heterocycles. The number of hydrogen-bond donors (Lipinski definition) is 2. The Kier molecular flexibility index (Phi) is 2.80. The van der Waals surface area contributed by atoms with Crippen LogP contribution >= 0.6 is 0 Å². The smallest absolute Gasteiger partial charge is 0.407 e. The Bertz CT molecular complexity index is 408. The molecule has 1 fully saturated rings. The second-order valence-corrected chi connectivity index (χ2v) is 3.55. The van der Waals surface area contributed by atoms with E-state index in [4.69, 9.17) is 15.2 Å². The van der Waals surface area contributed by atoms with E-state index in [1.54, 1.807) is 6.07 Å². The zero-order valence-electron chi connectivity index (χ0n) is 8.90. The minimum atomic E-state index is -0.382. The normalized spacial score (nSPS) is 19.1. The average molecular weight is 223 g/mol. The number of carbonyl (C=O) groups excluding carboxylic acids is 1. The van der Waals surface area contributed by atoms with E-state index in [2.05, 4.69) is 10.3 Å². The number of anilines is 1. The highest BCUT2D eigenvalue weighted by Gasteiger charge is 2.23. The van der Waals surface area contributed by atoms with Crippen LogP contribution in [0.1, 0.15) is 5.56 Å². The molecule has 1 aromatic rings. The largest absolute Gasteiger partial charge is 0.481 e. The van der Waals surface area contributed by atoms with E-state index < -0.39 is 0 Å². The van der Waals surface area contributed by atoms with Crippen molar-refractivity contribution in [3.63, 3.8) is 0 Å². The lowest BCUT2D eigenvalue weighted by Crippen LogP contribution is -2.28. The van der Waals surface area contributed by atoms with Gasteiger partial charge in [0.15, 0.2) is 0 Å². The molecule has 0 bridgehead atoms. The fourth-order valence-corrected chi connectivity index (χ4v) is 1.62. The molecular formula is C10H13N3O3. The zero-order chi connectivity index (χ0) is 11.5. The molecule has 6 nitrogen and oxygen atoms in total. The molecule has 1 aliphatic rings. The van der Waals surface area contributed by atoms with Gasteiger partial charge in [0, 0.05) is 12.0 Å². The number of nitrogens with two attached hydrogens (primary N) is 1. The molecule has 3 N–H and O–H groups in total. The summed E-state index contributed by atoms with van der Waals surface area (Å²) in [6.45, 7) is 0.367. The molecule has 0 unspecified atom stereocenters. The molecule has 0 aromatic carbocycles. The number of alkyl carbamates (subject to hydrolysis) is 1. The molecule has 2 heterocycles. The van der Waals surface area contributed by atoms with E-state index in [9.17, 15) is 4.79 Å². The molecule has 1 amide bonds. The minimum absolute atomic E-state index is 0.0353. The Labute approximate surface area is 92.7 Å². The third-order valence-electron chi connectivity index (χ3n) is 2.36. The molecule has 6 heteroatoms. The Morgan fingerprint density at radius 2 is 2.50 bits per heavy atom. The van der Waals surface area contributed by atoms with E-state index in [-0.39, 0.29) is 12.1 Å². The third-order valence-corrected chi connectivity index (χ3v) is 2.36. The summed E-state index contributed by atoms with van der Waals surface area (Å²) in [6.07, 6.45) is 0.231. The number of hydrogen-bond acceptors (Lipinski definition) is 5. The molecule has 1 atom stereocenters. The maximum absolute atomic E-state index is 10.9. The first-order chi connectivity index (χ1) is 7.69. The predicted molar refractivity (Wildman–Crippen MR) is 57.2 cm³/mol. The first kappa shape index (κ1) is 10.5. The summed E-state index contributed by atoms with van der Waals surface area (Å²) in [5.74, 6) is 0.897. The van der Waals surface area contributed by atoms with Crippen molar-refractivity contribution < 1.29 is 14.3 Å². The SMILES string of the molecule is COc1nc(N)ccc1C[C@H]1COC(=O)N1. The lowest BCUT2D eigenvalue weighted by molar-refractivity contribution is 0.177. The van der Waals surface area contributed by atoms with Gasteiger partial charge in [0.05, 0.1) is 13.2 Å². The summed E-state index contributed by atoms with van der Waals surface area (Å²) in [5.41, 5.74) is 6.44. The molecule has 86 valence electrons. The van der Waals surface area contributed by atoms with Crippen LogP contribution in [0, 0.1) is 0 Å². The highest BCUT2D eigenvalue weighted by Crippen LogP contribution is 2.19. The van der Waals surface area contributed by atoms with Crippen molar-refractivity contribution >= 4 is 11.9 Å². The van der Waals surface area contributed by atoms with Crippen LogP contribution in [0.5, 0.6) is 5.88 Å². The number of nitrogen functional groups attached to an aromatic ring is 1. The van der Waals surface area contributed by atoms with Crippen LogP contribution in [-0.4, -0.2) is 30.8 Å². The van der Waals surface area contributed by atoms with Crippen molar-refractivity contribution in [2.45, 2.75) is 12.5 Å². The highest BCUT2D eigenvalue weighted by atomic mass is 16.6. The molecule has 1 aliphatic heterocycles. The standard InChI is InChI=1S/C10H13N3O3/c1-15-9-6(2-3-8(11)13-9)4-7-5-16-10(14)12-7/h2-3,7H,4-5H2,1H3,(H2,11,13)(H,12,14)/t7-/m0/s1. The van der Waals surface area contributed by atoms with Crippen LogP contribution in [0.3, 0.4) is 0 Å². The average Bonchev–Trinajstić information content (AvgIpc) is 2.67. The van der Waals surface area contributed by atoms with Crippen LogP contribution in [0.2, 0.25) is 0 Å². The van der Waals surface area contributed by atoms with Gasteiger partial charge in [-0.05, 0) is 12.1 Å². The van der Waals surface area contributed by atoms with Gasteiger partial charge in [-0.15, -0.1) is 0 Å². The molecule has 0 saturated carbocycles. The zero-order valence-corrected chi connectivity index (χ0v) is 8.90. The number of amides is 1. The van der Waals surface area contributed by atoms with Gasteiger partial charge in [0.2, 0.25) is 5.88 Å². The summed E-state index contributed by atoms with van der Waals surface area (Å²) in [7, 11) is 1.54. The Morgan fingerprint density at radius 3 is 3.12 bits per heavy atom. The van der Waals surface area contributed by atoms with E-state index in [0.717, 1.165) is 5.56 Å². The third kappa shape index (κ3) is 2.16. The number of nitrogens with one attached hydrogen (secondary N) is 1. The van der Waals surface area contributed by atoms with Gasteiger partial charge in [0.1, 0.15) is 12.4 Å². The van der Waals surface area contributed by atoms with Crippen molar-refractivity contribution in [1.29, 1.82) is 0 Å². The summed E-state index contributed by atoms with van der Waals surface area (Å²) in [5, 5.41) is 2.69. The lowest BCUT2D eigenvalue weighted by atomic mass is 10.1. The van der Waals surface area contributed by atoms with Gasteiger partial charge < -0.3 is 20.5 Å². The van der Waals surface area contributed by atoms with Crippen molar-refractivity contribution in [3.05, 3.63) is 17.7 Å². The molecule has 16 heavy (non-hydrogen) atoms. The number of carbonyl (C=O) groups is 1. The lowest BCUT2D eigenvalue weighted by Gasteiger charge is -2.10. The Morgan fingerprint density at radius 1 is 1.69 bits per heavy atom. The number of ether oxygens (including phenoxy) is 2. The molecule has 2 rings (SSSR count). The van der Waals surface area contributed by atoms with Crippen LogP contribution in [0.25, 0.3) is 0 Å². The highest BCUT2D eigenvalue weighted by molar-refractivity contribution is 5.69. The second kappa shape index (κ2) is 4.26. The predicted octanol–water partition coefficient (Wildman–Crippen LogP) is 0.323.